The van der Waals surface area contributed by atoms with E-state index in [1.807, 2.05) is 0 Å². The molecular weight excluding hydrogens is 991 g/mol. The van der Waals surface area contributed by atoms with Gasteiger partial charge in [-0.2, -0.15) is 0 Å². The molecule has 9 unspecified atom stereocenters. The van der Waals surface area contributed by atoms with Crippen molar-refractivity contribution in [3.8, 4) is 0 Å². The zero-order chi connectivity index (χ0) is 57.5. The lowest BCUT2D eigenvalue weighted by Gasteiger charge is -2.40. The van der Waals surface area contributed by atoms with Crippen molar-refractivity contribution >= 4 is 5.91 Å². The van der Waals surface area contributed by atoms with Gasteiger partial charge < -0.3 is 50.5 Å². The third-order valence-corrected chi connectivity index (χ3v) is 17.1. The number of allylic oxidation sites excluding steroid dienone is 2. The summed E-state index contributed by atoms with van der Waals surface area (Å²) < 4.78 is 11.2. The number of rotatable bonds is 61. The number of hydrogen-bond donors (Lipinski definition) is 8. The molecule has 1 saturated heterocycles. The van der Waals surface area contributed by atoms with Gasteiger partial charge in [0, 0.05) is 0 Å². The van der Waals surface area contributed by atoms with E-state index in [0.717, 1.165) is 38.5 Å². The molecule has 1 aliphatic heterocycles. The Balaban J connectivity index is 2.21. The van der Waals surface area contributed by atoms with Crippen LogP contribution in [0.1, 0.15) is 348 Å². The first-order valence-corrected chi connectivity index (χ1v) is 34.6. The van der Waals surface area contributed by atoms with Crippen LogP contribution in [0.3, 0.4) is 0 Å². The summed E-state index contributed by atoms with van der Waals surface area (Å²) in [5.41, 5.74) is 0. The third kappa shape index (κ3) is 45.0. The van der Waals surface area contributed by atoms with Gasteiger partial charge in [-0.1, -0.05) is 321 Å². The van der Waals surface area contributed by atoms with Crippen LogP contribution in [0, 0.1) is 0 Å². The maximum absolute atomic E-state index is 13.2. The van der Waals surface area contributed by atoms with Crippen LogP contribution in [0.15, 0.2) is 12.2 Å². The van der Waals surface area contributed by atoms with Crippen molar-refractivity contribution in [3.63, 3.8) is 0 Å². The van der Waals surface area contributed by atoms with E-state index in [1.165, 1.54) is 270 Å². The molecular formula is C68H133NO10. The molecule has 0 radical (unpaired) electrons. The van der Waals surface area contributed by atoms with Gasteiger partial charge in [-0.05, 0) is 38.5 Å². The zero-order valence-corrected chi connectivity index (χ0v) is 51.9. The molecule has 0 aromatic heterocycles. The molecule has 1 aliphatic rings. The number of aliphatic hydroxyl groups is 7. The Labute approximate surface area is 487 Å². The lowest BCUT2D eigenvalue weighted by molar-refractivity contribution is -0.303. The van der Waals surface area contributed by atoms with Gasteiger partial charge in [0.2, 0.25) is 5.91 Å². The average molecular weight is 1120 g/mol. The Kier molecular flexibility index (Phi) is 55.0. The molecule has 1 heterocycles. The molecule has 0 spiro atoms. The first-order valence-electron chi connectivity index (χ1n) is 34.6. The number of ether oxygens (including phenoxy) is 2. The van der Waals surface area contributed by atoms with Crippen LogP contribution in [0.5, 0.6) is 0 Å². The minimum Gasteiger partial charge on any atom is -0.394 e. The number of hydrogen-bond acceptors (Lipinski definition) is 10. The number of aliphatic hydroxyl groups excluding tert-OH is 7. The van der Waals surface area contributed by atoms with Gasteiger partial charge in [-0.15, -0.1) is 0 Å². The fourth-order valence-electron chi connectivity index (χ4n) is 11.5. The molecule has 11 heteroatoms. The van der Waals surface area contributed by atoms with Crippen molar-refractivity contribution in [3.05, 3.63) is 12.2 Å². The van der Waals surface area contributed by atoms with Crippen LogP contribution in [0.4, 0.5) is 0 Å². The Morgan fingerprint density at radius 2 is 0.734 bits per heavy atom. The molecule has 9 atom stereocenters. The number of amides is 1. The van der Waals surface area contributed by atoms with Crippen molar-refractivity contribution in [2.24, 2.45) is 0 Å². The van der Waals surface area contributed by atoms with Crippen LogP contribution in [-0.4, -0.2) is 110 Å². The molecule has 0 bridgehead atoms. The second-order valence-corrected chi connectivity index (χ2v) is 24.6. The second-order valence-electron chi connectivity index (χ2n) is 24.6. The standard InChI is InChI=1S/C68H133NO10/c1-3-5-7-9-11-13-15-17-19-21-23-25-27-29-30-32-34-36-38-40-42-44-46-48-50-52-54-56-61(72)67(77)69-59(58-78-68-66(76)65(75)64(74)62(57-70)79-68)63(73)60(71)55-53-51-49-47-45-43-41-39-37-35-33-31-28-26-24-22-20-18-16-14-12-10-8-6-4-2/h29-30,59-66,68,70-76H,3-28,31-58H2,1-2H3,(H,69,77)/b30-29-. The van der Waals surface area contributed by atoms with E-state index in [1.54, 1.807) is 0 Å². The molecule has 0 aromatic rings. The van der Waals surface area contributed by atoms with Gasteiger partial charge >= 0.3 is 0 Å². The van der Waals surface area contributed by atoms with Gasteiger partial charge in [-0.25, -0.2) is 0 Å². The van der Waals surface area contributed by atoms with Crippen molar-refractivity contribution in [1.82, 2.24) is 5.32 Å². The molecule has 0 aromatic carbocycles. The van der Waals surface area contributed by atoms with Crippen LogP contribution < -0.4 is 5.32 Å². The third-order valence-electron chi connectivity index (χ3n) is 17.1. The molecule has 470 valence electrons. The molecule has 1 rings (SSSR count). The summed E-state index contributed by atoms with van der Waals surface area (Å²) in [5.74, 6) is -0.690. The average Bonchev–Trinajstić information content (AvgIpc) is 3.46. The minimum absolute atomic E-state index is 0.263. The van der Waals surface area contributed by atoms with E-state index >= 15 is 0 Å². The van der Waals surface area contributed by atoms with E-state index in [9.17, 15) is 40.5 Å². The predicted octanol–water partition coefficient (Wildman–Crippen LogP) is 16.3. The smallest absolute Gasteiger partial charge is 0.249 e. The van der Waals surface area contributed by atoms with Crippen molar-refractivity contribution in [2.75, 3.05) is 13.2 Å². The van der Waals surface area contributed by atoms with Crippen molar-refractivity contribution in [2.45, 2.75) is 403 Å². The fourth-order valence-corrected chi connectivity index (χ4v) is 11.5. The van der Waals surface area contributed by atoms with Crippen LogP contribution in [-0.2, 0) is 14.3 Å². The summed E-state index contributed by atoms with van der Waals surface area (Å²) >= 11 is 0. The highest BCUT2D eigenvalue weighted by atomic mass is 16.7. The predicted molar refractivity (Wildman–Crippen MR) is 330 cm³/mol. The lowest BCUT2D eigenvalue weighted by Crippen LogP contribution is -2.60. The Hall–Kier alpha value is -1.15. The molecule has 1 fully saturated rings. The fraction of sp³-hybridized carbons (Fsp3) is 0.956. The van der Waals surface area contributed by atoms with E-state index < -0.39 is 74.2 Å². The van der Waals surface area contributed by atoms with Crippen molar-refractivity contribution < 1.29 is 50.0 Å². The van der Waals surface area contributed by atoms with Gasteiger partial charge in [0.1, 0.15) is 36.6 Å². The Bertz CT molecular complexity index is 1290. The summed E-state index contributed by atoms with van der Waals surface area (Å²) in [7, 11) is 0. The zero-order valence-electron chi connectivity index (χ0n) is 51.9. The monoisotopic (exact) mass is 1120 g/mol. The summed E-state index contributed by atoms with van der Waals surface area (Å²) in [6.45, 7) is 3.52. The summed E-state index contributed by atoms with van der Waals surface area (Å²) in [6, 6.07) is -1.17. The van der Waals surface area contributed by atoms with Crippen LogP contribution >= 0.6 is 0 Å². The quantitative estimate of drug-likeness (QED) is 0.0215. The largest absolute Gasteiger partial charge is 0.394 e. The highest BCUT2D eigenvalue weighted by Gasteiger charge is 2.44. The molecule has 79 heavy (non-hydrogen) atoms. The normalized spacial score (nSPS) is 19.3. The van der Waals surface area contributed by atoms with Gasteiger partial charge in [0.05, 0.1) is 25.4 Å². The summed E-state index contributed by atoms with van der Waals surface area (Å²) in [5, 5.41) is 76.5. The number of nitrogens with one attached hydrogen (secondary N) is 1. The summed E-state index contributed by atoms with van der Waals surface area (Å²) in [4.78, 5) is 13.2. The Morgan fingerprint density at radius 1 is 0.430 bits per heavy atom. The SMILES string of the molecule is CCCCCCCCCCCCCC/C=C\CCCCCCCCCCCCCC(O)C(=O)NC(COC1OC(CO)C(O)C(O)C1O)C(O)C(O)CCCCCCCCCCCCCCCCCCCCCCCCCCC. The molecule has 11 nitrogen and oxygen atoms in total. The first kappa shape index (κ1) is 75.9. The lowest BCUT2D eigenvalue weighted by atomic mass is 9.98. The van der Waals surface area contributed by atoms with E-state index in [-0.39, 0.29) is 6.42 Å². The maximum Gasteiger partial charge on any atom is 0.249 e. The maximum atomic E-state index is 13.2. The van der Waals surface area contributed by atoms with Crippen LogP contribution in [0.25, 0.3) is 0 Å². The van der Waals surface area contributed by atoms with Gasteiger partial charge in [0.25, 0.3) is 0 Å². The second kappa shape index (κ2) is 57.3. The van der Waals surface area contributed by atoms with Crippen LogP contribution in [0.2, 0.25) is 0 Å². The highest BCUT2D eigenvalue weighted by molar-refractivity contribution is 5.80. The molecule has 1 amide bonds. The number of carbonyl (C=O) groups is 1. The van der Waals surface area contributed by atoms with E-state index in [0.29, 0.717) is 19.3 Å². The minimum atomic E-state index is -1.66. The first-order chi connectivity index (χ1) is 38.7. The highest BCUT2D eigenvalue weighted by Crippen LogP contribution is 2.24. The van der Waals surface area contributed by atoms with E-state index in [2.05, 4.69) is 31.3 Å². The Morgan fingerprint density at radius 3 is 1.06 bits per heavy atom. The molecule has 8 N–H and O–H groups in total. The summed E-state index contributed by atoms with van der Waals surface area (Å²) in [6.07, 6.45) is 58.5. The number of carbonyl (C=O) groups excluding carboxylic acids is 1. The molecule has 0 aliphatic carbocycles. The topological polar surface area (TPSA) is 189 Å². The molecule has 0 saturated carbocycles. The van der Waals surface area contributed by atoms with Crippen molar-refractivity contribution in [1.29, 1.82) is 0 Å². The van der Waals surface area contributed by atoms with Gasteiger partial charge in [0.15, 0.2) is 6.29 Å². The number of unbranched alkanes of at least 4 members (excludes halogenated alkanes) is 47. The van der Waals surface area contributed by atoms with E-state index in [4.69, 9.17) is 9.47 Å². The van der Waals surface area contributed by atoms with Gasteiger partial charge in [-0.3, -0.25) is 4.79 Å².